The highest BCUT2D eigenvalue weighted by Gasteiger charge is 2.61. The van der Waals surface area contributed by atoms with Gasteiger partial charge in [0.2, 0.25) is 0 Å². The van der Waals surface area contributed by atoms with Gasteiger partial charge in [-0.05, 0) is 68.1 Å². The molecule has 5 aliphatic carbocycles. The fourth-order valence-corrected chi connectivity index (χ4v) is 6.52. The summed E-state index contributed by atoms with van der Waals surface area (Å²) >= 11 is 0. The highest BCUT2D eigenvalue weighted by atomic mass is 16.5. The molecule has 0 amide bonds. The third-order valence-electron chi connectivity index (χ3n) is 7.14. The largest absolute Gasteiger partial charge is 0.459 e. The molecule has 0 aromatic rings. The van der Waals surface area contributed by atoms with Gasteiger partial charge in [-0.25, -0.2) is 4.79 Å². The van der Waals surface area contributed by atoms with E-state index in [4.69, 9.17) is 9.47 Å². The molecule has 5 saturated carbocycles. The molecule has 122 valence electrons. The number of rotatable bonds is 3. The number of hydrogen-bond acceptors (Lipinski definition) is 3. The first-order valence-electron chi connectivity index (χ1n) is 8.99. The molecule has 0 saturated heterocycles. The third kappa shape index (κ3) is 2.08. The quantitative estimate of drug-likeness (QED) is 0.590. The van der Waals surface area contributed by atoms with Crippen molar-refractivity contribution in [3.63, 3.8) is 0 Å². The molecule has 0 aromatic carbocycles. The number of methoxy groups -OCH3 is 1. The maximum absolute atomic E-state index is 12.0. The summed E-state index contributed by atoms with van der Waals surface area (Å²) in [5, 5.41) is 0. The second kappa shape index (κ2) is 5.36. The number of ether oxygens (including phenoxy) is 2. The molecule has 5 rings (SSSR count). The van der Waals surface area contributed by atoms with Gasteiger partial charge >= 0.3 is 5.97 Å². The maximum atomic E-state index is 12.0. The van der Waals surface area contributed by atoms with Crippen LogP contribution in [-0.4, -0.2) is 25.3 Å². The van der Waals surface area contributed by atoms with Crippen LogP contribution in [0.4, 0.5) is 0 Å². The molecule has 0 aromatic heterocycles. The molecule has 0 radical (unpaired) electrons. The van der Waals surface area contributed by atoms with Gasteiger partial charge in [-0.2, -0.15) is 0 Å². The summed E-state index contributed by atoms with van der Waals surface area (Å²) in [6, 6.07) is 0. The monoisotopic (exact) mass is 304 g/mol. The van der Waals surface area contributed by atoms with E-state index in [0.29, 0.717) is 23.5 Å². The van der Waals surface area contributed by atoms with Gasteiger partial charge in [-0.15, -0.1) is 0 Å². The summed E-state index contributed by atoms with van der Waals surface area (Å²) in [5.41, 5.74) is 0.527. The van der Waals surface area contributed by atoms with Gasteiger partial charge in [0.15, 0.2) is 0 Å². The van der Waals surface area contributed by atoms with E-state index in [1.165, 1.54) is 32.1 Å². The van der Waals surface area contributed by atoms with Crippen LogP contribution in [0.2, 0.25) is 0 Å². The van der Waals surface area contributed by atoms with E-state index in [0.717, 1.165) is 30.1 Å². The lowest BCUT2D eigenvalue weighted by Crippen LogP contribution is -2.48. The van der Waals surface area contributed by atoms with Crippen molar-refractivity contribution >= 4 is 5.97 Å². The van der Waals surface area contributed by atoms with Crippen LogP contribution >= 0.6 is 0 Å². The van der Waals surface area contributed by atoms with Crippen molar-refractivity contribution in [2.24, 2.45) is 35.5 Å². The van der Waals surface area contributed by atoms with Crippen molar-refractivity contribution < 1.29 is 14.3 Å². The molecule has 0 spiro atoms. The average Bonchev–Trinajstić information content (AvgIpc) is 2.95. The number of carbonyl (C=O) groups excluding carboxylic acids is 1. The minimum Gasteiger partial charge on any atom is -0.459 e. The van der Waals surface area contributed by atoms with Crippen molar-refractivity contribution in [1.82, 2.24) is 0 Å². The Morgan fingerprint density at radius 1 is 1.00 bits per heavy atom. The van der Waals surface area contributed by atoms with Crippen LogP contribution in [0.1, 0.15) is 45.4 Å². The van der Waals surface area contributed by atoms with Crippen LogP contribution in [-0.2, 0) is 14.3 Å². The predicted molar refractivity (Wildman–Crippen MR) is 84.1 cm³/mol. The van der Waals surface area contributed by atoms with Gasteiger partial charge in [-0.3, -0.25) is 0 Å². The first-order chi connectivity index (χ1) is 10.6. The molecule has 5 fully saturated rings. The van der Waals surface area contributed by atoms with Crippen molar-refractivity contribution in [2.45, 2.75) is 57.7 Å². The first-order valence-corrected chi connectivity index (χ1v) is 8.99. The Morgan fingerprint density at radius 3 is 2.50 bits per heavy atom. The fourth-order valence-electron chi connectivity index (χ4n) is 6.52. The normalized spacial score (nSPS) is 48.8. The van der Waals surface area contributed by atoms with Crippen LogP contribution in [0, 0.1) is 35.5 Å². The smallest absolute Gasteiger partial charge is 0.333 e. The zero-order valence-electron chi connectivity index (χ0n) is 13.8. The Balaban J connectivity index is 1.60. The number of esters is 1. The second-order valence-electron chi connectivity index (χ2n) is 8.14. The second-order valence-corrected chi connectivity index (χ2v) is 8.14. The van der Waals surface area contributed by atoms with E-state index in [2.05, 4.69) is 6.58 Å². The maximum Gasteiger partial charge on any atom is 0.333 e. The summed E-state index contributed by atoms with van der Waals surface area (Å²) in [4.78, 5) is 12.0. The highest BCUT2D eigenvalue weighted by molar-refractivity contribution is 5.87. The van der Waals surface area contributed by atoms with Gasteiger partial charge in [0.1, 0.15) is 6.10 Å². The topological polar surface area (TPSA) is 35.5 Å². The van der Waals surface area contributed by atoms with Gasteiger partial charge in [-0.1, -0.05) is 19.4 Å². The summed E-state index contributed by atoms with van der Waals surface area (Å²) in [7, 11) is 1.87. The molecule has 0 N–H and O–H groups in total. The number of hydrogen-bond donors (Lipinski definition) is 0. The van der Waals surface area contributed by atoms with Crippen LogP contribution in [0.25, 0.3) is 0 Å². The van der Waals surface area contributed by atoms with E-state index >= 15 is 0 Å². The SMILES string of the molecule is C=C(C)C(=O)OC1CC2CCCC1C1C3CC(CC3OC)C21. The van der Waals surface area contributed by atoms with E-state index in [1.807, 2.05) is 7.11 Å². The Labute approximate surface area is 133 Å². The van der Waals surface area contributed by atoms with E-state index < -0.39 is 0 Å². The molecule has 8 atom stereocenters. The minimum absolute atomic E-state index is 0.120. The predicted octanol–water partition coefficient (Wildman–Crippen LogP) is 3.58. The van der Waals surface area contributed by atoms with Crippen LogP contribution in [0.3, 0.4) is 0 Å². The van der Waals surface area contributed by atoms with Crippen molar-refractivity contribution in [1.29, 1.82) is 0 Å². The minimum atomic E-state index is -0.194. The van der Waals surface area contributed by atoms with Gasteiger partial charge < -0.3 is 9.47 Å². The highest BCUT2D eigenvalue weighted by Crippen LogP contribution is 2.64. The molecule has 0 aliphatic heterocycles. The third-order valence-corrected chi connectivity index (χ3v) is 7.14. The summed E-state index contributed by atoms with van der Waals surface area (Å²) in [6.07, 6.45) is 8.14. The van der Waals surface area contributed by atoms with Crippen LogP contribution < -0.4 is 0 Å². The Hall–Kier alpha value is -0.830. The Morgan fingerprint density at radius 2 is 1.77 bits per heavy atom. The van der Waals surface area contributed by atoms with Crippen molar-refractivity contribution in [3.8, 4) is 0 Å². The fraction of sp³-hybridized carbons (Fsp3) is 0.842. The lowest BCUT2D eigenvalue weighted by Gasteiger charge is -2.48. The summed E-state index contributed by atoms with van der Waals surface area (Å²) < 4.78 is 11.6. The molecule has 22 heavy (non-hydrogen) atoms. The Kier molecular flexibility index (Phi) is 3.60. The van der Waals surface area contributed by atoms with E-state index in [-0.39, 0.29) is 12.1 Å². The molecular weight excluding hydrogens is 276 g/mol. The molecule has 5 aliphatic rings. The van der Waals surface area contributed by atoms with Gasteiger partial charge in [0, 0.05) is 12.7 Å². The number of carbonyl (C=O) groups is 1. The standard InChI is InChI=1S/C19H28O3/c1-10(2)19(20)22-16-8-11-5-4-6-13(16)18-14-7-12(17(11)18)9-15(14)21-3/h11-18H,1,4-9H2,2-3H3. The van der Waals surface area contributed by atoms with Gasteiger partial charge in [0.05, 0.1) is 6.10 Å². The van der Waals surface area contributed by atoms with Crippen molar-refractivity contribution in [3.05, 3.63) is 12.2 Å². The first kappa shape index (κ1) is 14.7. The Bertz CT molecular complexity index is 485. The van der Waals surface area contributed by atoms with E-state index in [9.17, 15) is 4.79 Å². The zero-order valence-corrected chi connectivity index (χ0v) is 13.8. The molecule has 8 unspecified atom stereocenters. The van der Waals surface area contributed by atoms with Gasteiger partial charge in [0.25, 0.3) is 0 Å². The summed E-state index contributed by atoms with van der Waals surface area (Å²) in [6.45, 7) is 5.49. The average molecular weight is 304 g/mol. The molecule has 0 heterocycles. The number of fused-ring (bicyclic) bond motifs is 5. The van der Waals surface area contributed by atoms with Crippen molar-refractivity contribution in [2.75, 3.05) is 7.11 Å². The molecule has 3 heteroatoms. The van der Waals surface area contributed by atoms with Crippen LogP contribution in [0.5, 0.6) is 0 Å². The zero-order chi connectivity index (χ0) is 15.4. The van der Waals surface area contributed by atoms with Crippen LogP contribution in [0.15, 0.2) is 12.2 Å². The molecule has 3 nitrogen and oxygen atoms in total. The summed E-state index contributed by atoms with van der Waals surface area (Å²) in [5.74, 6) is 4.30. The van der Waals surface area contributed by atoms with E-state index in [1.54, 1.807) is 6.92 Å². The molecular formula is C19H28O3. The lowest BCUT2D eigenvalue weighted by molar-refractivity contribution is -0.157. The molecule has 4 bridgehead atoms. The lowest BCUT2D eigenvalue weighted by atomic mass is 9.60.